The summed E-state index contributed by atoms with van der Waals surface area (Å²) in [5, 5.41) is 0. The van der Waals surface area contributed by atoms with Gasteiger partial charge >= 0.3 is 5.97 Å². The molecule has 1 aromatic heterocycles. The van der Waals surface area contributed by atoms with Gasteiger partial charge in [0, 0.05) is 19.9 Å². The third-order valence-corrected chi connectivity index (χ3v) is 3.13. The second-order valence-electron chi connectivity index (χ2n) is 4.57. The minimum Gasteiger partial charge on any atom is -0.466 e. The van der Waals surface area contributed by atoms with Crippen molar-refractivity contribution in [3.05, 3.63) is 30.1 Å². The van der Waals surface area contributed by atoms with Crippen LogP contribution in [-0.4, -0.2) is 22.1 Å². The van der Waals surface area contributed by atoms with Gasteiger partial charge in [-0.3, -0.25) is 4.79 Å². The molecule has 19 heavy (non-hydrogen) atoms. The highest BCUT2D eigenvalue weighted by Gasteiger charge is 2.08. The number of para-hydroxylation sites is 2. The fraction of sp³-hybridized carbons (Fsp3) is 0.467. The van der Waals surface area contributed by atoms with Crippen molar-refractivity contribution in [2.45, 2.75) is 39.7 Å². The van der Waals surface area contributed by atoms with Crippen LogP contribution < -0.4 is 0 Å². The molecule has 0 aliphatic rings. The molecule has 0 aliphatic carbocycles. The van der Waals surface area contributed by atoms with Crippen molar-refractivity contribution in [2.24, 2.45) is 0 Å². The van der Waals surface area contributed by atoms with Crippen LogP contribution in [-0.2, 0) is 22.5 Å². The molecule has 2 aromatic rings. The molecule has 0 saturated heterocycles. The van der Waals surface area contributed by atoms with Crippen LogP contribution in [0.5, 0.6) is 0 Å². The zero-order chi connectivity index (χ0) is 13.7. The number of hydrogen-bond donors (Lipinski definition) is 0. The number of hydrogen-bond acceptors (Lipinski definition) is 3. The van der Waals surface area contributed by atoms with Gasteiger partial charge < -0.3 is 9.30 Å². The van der Waals surface area contributed by atoms with Crippen LogP contribution in [0.2, 0.25) is 0 Å². The Labute approximate surface area is 113 Å². The first-order valence-corrected chi connectivity index (χ1v) is 6.80. The molecule has 0 fully saturated rings. The average Bonchev–Trinajstić information content (AvgIpc) is 2.76. The van der Waals surface area contributed by atoms with E-state index in [-0.39, 0.29) is 5.97 Å². The molecule has 0 bridgehead atoms. The van der Waals surface area contributed by atoms with E-state index in [1.165, 1.54) is 12.4 Å². The van der Waals surface area contributed by atoms with Crippen molar-refractivity contribution in [2.75, 3.05) is 6.61 Å². The van der Waals surface area contributed by atoms with Gasteiger partial charge in [0.2, 0.25) is 0 Å². The van der Waals surface area contributed by atoms with Crippen LogP contribution in [0.15, 0.2) is 24.3 Å². The van der Waals surface area contributed by atoms with Crippen LogP contribution in [0.4, 0.5) is 0 Å². The predicted octanol–water partition coefficient (Wildman–Crippen LogP) is 2.94. The number of nitrogens with zero attached hydrogens (tertiary/aromatic N) is 2. The van der Waals surface area contributed by atoms with Crippen LogP contribution in [0, 0.1) is 0 Å². The van der Waals surface area contributed by atoms with E-state index >= 15 is 0 Å². The van der Waals surface area contributed by atoms with Crippen molar-refractivity contribution in [3.8, 4) is 0 Å². The molecule has 0 spiro atoms. The molecular weight excluding hydrogens is 240 g/mol. The van der Waals surface area contributed by atoms with E-state index in [4.69, 9.17) is 4.74 Å². The fourth-order valence-electron chi connectivity index (χ4n) is 2.23. The fourth-order valence-corrected chi connectivity index (χ4v) is 2.23. The van der Waals surface area contributed by atoms with E-state index in [0.29, 0.717) is 6.61 Å². The summed E-state index contributed by atoms with van der Waals surface area (Å²) in [6.07, 6.45) is 2.80. The van der Waals surface area contributed by atoms with Crippen LogP contribution >= 0.6 is 0 Å². The maximum atomic E-state index is 10.7. The number of esters is 1. The van der Waals surface area contributed by atoms with Gasteiger partial charge in [-0.05, 0) is 25.0 Å². The number of ether oxygens (including phenoxy) is 1. The normalized spacial score (nSPS) is 10.8. The van der Waals surface area contributed by atoms with E-state index in [2.05, 4.69) is 22.5 Å². The van der Waals surface area contributed by atoms with Gasteiger partial charge in [-0.1, -0.05) is 19.1 Å². The lowest BCUT2D eigenvalue weighted by atomic mass is 10.3. The van der Waals surface area contributed by atoms with Crippen molar-refractivity contribution < 1.29 is 9.53 Å². The van der Waals surface area contributed by atoms with Crippen molar-refractivity contribution >= 4 is 17.0 Å². The monoisotopic (exact) mass is 260 g/mol. The van der Waals surface area contributed by atoms with Gasteiger partial charge in [0.1, 0.15) is 5.82 Å². The lowest BCUT2D eigenvalue weighted by Gasteiger charge is -2.08. The van der Waals surface area contributed by atoms with E-state index < -0.39 is 0 Å². The molecule has 0 N–H and O–H groups in total. The number of benzene rings is 1. The highest BCUT2D eigenvalue weighted by Crippen LogP contribution is 2.17. The molecule has 0 amide bonds. The number of rotatable bonds is 6. The standard InChI is InChI=1S/C15H20N2O2/c1-3-15-16-13-8-4-5-9-14(13)17(15)10-6-7-11-19-12(2)18/h4-5,8-9H,3,6-7,10-11H2,1-2H3. The lowest BCUT2D eigenvalue weighted by molar-refractivity contribution is -0.141. The molecule has 0 unspecified atom stereocenters. The molecule has 0 aliphatic heterocycles. The Balaban J connectivity index is 2.01. The Morgan fingerprint density at radius 1 is 1.32 bits per heavy atom. The van der Waals surface area contributed by atoms with Gasteiger partial charge in [0.25, 0.3) is 0 Å². The zero-order valence-electron chi connectivity index (χ0n) is 11.6. The van der Waals surface area contributed by atoms with Crippen molar-refractivity contribution in [3.63, 3.8) is 0 Å². The summed E-state index contributed by atoms with van der Waals surface area (Å²) in [5.74, 6) is 0.913. The largest absolute Gasteiger partial charge is 0.466 e. The topological polar surface area (TPSA) is 44.1 Å². The van der Waals surface area contributed by atoms with Gasteiger partial charge in [0.05, 0.1) is 17.6 Å². The maximum absolute atomic E-state index is 10.7. The molecular formula is C15H20N2O2. The third-order valence-electron chi connectivity index (χ3n) is 3.13. The Kier molecular flexibility index (Phi) is 4.55. The van der Waals surface area contributed by atoms with Crippen LogP contribution in [0.1, 0.15) is 32.5 Å². The molecule has 0 radical (unpaired) electrons. The van der Waals surface area contributed by atoms with Crippen molar-refractivity contribution in [1.82, 2.24) is 9.55 Å². The number of carbonyl (C=O) groups is 1. The zero-order valence-corrected chi connectivity index (χ0v) is 11.6. The van der Waals surface area contributed by atoms with Gasteiger partial charge in [0.15, 0.2) is 0 Å². The molecule has 1 heterocycles. The number of aryl methyl sites for hydroxylation is 2. The summed E-state index contributed by atoms with van der Waals surface area (Å²) in [6.45, 7) is 4.99. The molecule has 4 heteroatoms. The van der Waals surface area contributed by atoms with E-state index in [9.17, 15) is 4.79 Å². The number of unbranched alkanes of at least 4 members (excludes halogenated alkanes) is 1. The number of imidazole rings is 1. The first-order valence-electron chi connectivity index (χ1n) is 6.80. The van der Waals surface area contributed by atoms with Crippen molar-refractivity contribution in [1.29, 1.82) is 0 Å². The molecule has 1 aromatic carbocycles. The first-order chi connectivity index (χ1) is 9.22. The summed E-state index contributed by atoms with van der Waals surface area (Å²) in [6, 6.07) is 8.20. The summed E-state index contributed by atoms with van der Waals surface area (Å²) in [4.78, 5) is 15.3. The number of carbonyl (C=O) groups excluding carboxylic acids is 1. The Hall–Kier alpha value is -1.84. The molecule has 0 atom stereocenters. The average molecular weight is 260 g/mol. The van der Waals surface area contributed by atoms with Crippen LogP contribution in [0.3, 0.4) is 0 Å². The predicted molar refractivity (Wildman–Crippen MR) is 75.0 cm³/mol. The molecule has 0 saturated carbocycles. The van der Waals surface area contributed by atoms with E-state index in [1.807, 2.05) is 18.2 Å². The van der Waals surface area contributed by atoms with Gasteiger partial charge in [-0.25, -0.2) is 4.98 Å². The Bertz CT molecular complexity index is 560. The first kappa shape index (κ1) is 13.6. The lowest BCUT2D eigenvalue weighted by Crippen LogP contribution is -2.05. The van der Waals surface area contributed by atoms with Gasteiger partial charge in [-0.2, -0.15) is 0 Å². The second kappa shape index (κ2) is 6.36. The van der Waals surface area contributed by atoms with Gasteiger partial charge in [-0.15, -0.1) is 0 Å². The number of fused-ring (bicyclic) bond motifs is 1. The van der Waals surface area contributed by atoms with E-state index in [1.54, 1.807) is 0 Å². The SMILES string of the molecule is CCc1nc2ccccc2n1CCCCOC(C)=O. The quantitative estimate of drug-likeness (QED) is 0.592. The number of aromatic nitrogens is 2. The summed E-state index contributed by atoms with van der Waals surface area (Å²) in [7, 11) is 0. The minimum absolute atomic E-state index is 0.206. The smallest absolute Gasteiger partial charge is 0.302 e. The highest BCUT2D eigenvalue weighted by atomic mass is 16.5. The summed E-state index contributed by atoms with van der Waals surface area (Å²) >= 11 is 0. The molecule has 4 nitrogen and oxygen atoms in total. The minimum atomic E-state index is -0.206. The summed E-state index contributed by atoms with van der Waals surface area (Å²) in [5.41, 5.74) is 2.24. The molecule has 102 valence electrons. The van der Waals surface area contributed by atoms with Crippen LogP contribution in [0.25, 0.3) is 11.0 Å². The molecule has 2 rings (SSSR count). The Morgan fingerprint density at radius 2 is 2.11 bits per heavy atom. The maximum Gasteiger partial charge on any atom is 0.302 e. The second-order valence-corrected chi connectivity index (χ2v) is 4.57. The Morgan fingerprint density at radius 3 is 2.84 bits per heavy atom. The summed E-state index contributed by atoms with van der Waals surface area (Å²) < 4.78 is 7.21. The highest BCUT2D eigenvalue weighted by molar-refractivity contribution is 5.75. The van der Waals surface area contributed by atoms with E-state index in [0.717, 1.165) is 37.1 Å². The third kappa shape index (κ3) is 3.34.